The van der Waals surface area contributed by atoms with Crippen molar-refractivity contribution in [2.75, 3.05) is 11.9 Å². The van der Waals surface area contributed by atoms with Gasteiger partial charge in [0, 0.05) is 33.9 Å². The van der Waals surface area contributed by atoms with Crippen LogP contribution >= 0.6 is 0 Å². The highest BCUT2D eigenvalue weighted by atomic mass is 16.5. The maximum atomic E-state index is 12.4. The van der Waals surface area contributed by atoms with Gasteiger partial charge in [-0.3, -0.25) is 9.59 Å². The van der Waals surface area contributed by atoms with Crippen LogP contribution in [0, 0.1) is 0 Å². The number of H-pyrrole nitrogens is 1. The molecule has 30 heavy (non-hydrogen) atoms. The fourth-order valence-corrected chi connectivity index (χ4v) is 3.06. The van der Waals surface area contributed by atoms with Gasteiger partial charge in [-0.05, 0) is 42.5 Å². The van der Waals surface area contributed by atoms with Crippen molar-refractivity contribution in [1.29, 1.82) is 0 Å². The Morgan fingerprint density at radius 1 is 0.800 bits per heavy atom. The molecule has 0 aliphatic carbocycles. The van der Waals surface area contributed by atoms with E-state index in [-0.39, 0.29) is 18.3 Å². The zero-order valence-electron chi connectivity index (χ0n) is 15.9. The van der Waals surface area contributed by atoms with E-state index in [1.165, 1.54) is 0 Å². The lowest BCUT2D eigenvalue weighted by Crippen LogP contribution is -2.14. The Morgan fingerprint density at radius 2 is 1.50 bits per heavy atom. The molecule has 0 spiro atoms. The predicted octanol–water partition coefficient (Wildman–Crippen LogP) is 4.46. The second-order valence-electron chi connectivity index (χ2n) is 6.64. The molecular formula is C24H18N2O4. The molecule has 0 bridgehead atoms. The van der Waals surface area contributed by atoms with Gasteiger partial charge in [0.1, 0.15) is 0 Å². The van der Waals surface area contributed by atoms with Crippen molar-refractivity contribution in [2.45, 2.75) is 0 Å². The summed E-state index contributed by atoms with van der Waals surface area (Å²) in [4.78, 5) is 39.9. The van der Waals surface area contributed by atoms with Crippen LogP contribution in [0.25, 0.3) is 10.9 Å². The highest BCUT2D eigenvalue weighted by Gasteiger charge is 2.15. The van der Waals surface area contributed by atoms with Gasteiger partial charge in [-0.2, -0.15) is 0 Å². The van der Waals surface area contributed by atoms with E-state index >= 15 is 0 Å². The average Bonchev–Trinajstić information content (AvgIpc) is 3.22. The first-order valence-corrected chi connectivity index (χ1v) is 9.35. The van der Waals surface area contributed by atoms with E-state index in [1.807, 2.05) is 30.3 Å². The maximum Gasteiger partial charge on any atom is 0.340 e. The van der Waals surface area contributed by atoms with Crippen molar-refractivity contribution in [3.05, 3.63) is 102 Å². The van der Waals surface area contributed by atoms with Crippen LogP contribution in [0.2, 0.25) is 0 Å². The first kappa shape index (κ1) is 19.1. The van der Waals surface area contributed by atoms with Gasteiger partial charge in [-0.1, -0.05) is 36.4 Å². The zero-order chi connectivity index (χ0) is 20.9. The Labute approximate surface area is 172 Å². The molecular weight excluding hydrogens is 380 g/mol. The Hall–Kier alpha value is -4.19. The fraction of sp³-hybridized carbons (Fsp3) is 0.0417. The Morgan fingerprint density at radius 3 is 2.27 bits per heavy atom. The van der Waals surface area contributed by atoms with Crippen molar-refractivity contribution in [3.63, 3.8) is 0 Å². The molecule has 148 valence electrons. The van der Waals surface area contributed by atoms with Crippen molar-refractivity contribution >= 4 is 34.3 Å². The third-order valence-electron chi connectivity index (χ3n) is 4.64. The molecule has 1 aromatic heterocycles. The van der Waals surface area contributed by atoms with Gasteiger partial charge in [-0.15, -0.1) is 0 Å². The molecule has 0 radical (unpaired) electrons. The van der Waals surface area contributed by atoms with Gasteiger partial charge in [0.05, 0.1) is 5.56 Å². The minimum atomic E-state index is -0.562. The van der Waals surface area contributed by atoms with Gasteiger partial charge < -0.3 is 15.0 Å². The van der Waals surface area contributed by atoms with E-state index in [0.717, 1.165) is 10.9 Å². The molecule has 2 N–H and O–H groups in total. The molecule has 0 saturated heterocycles. The smallest absolute Gasteiger partial charge is 0.340 e. The molecule has 0 aliphatic rings. The summed E-state index contributed by atoms with van der Waals surface area (Å²) in [7, 11) is 0. The van der Waals surface area contributed by atoms with Crippen LogP contribution in [0.1, 0.15) is 31.1 Å². The number of ether oxygens (including phenoxy) is 1. The first-order chi connectivity index (χ1) is 14.6. The number of Topliss-reactive ketones (excluding diaryl/α,β-unsaturated/α-hetero) is 1. The lowest BCUT2D eigenvalue weighted by molar-refractivity contribution is 0.0476. The molecule has 6 nitrogen and oxygen atoms in total. The third-order valence-corrected chi connectivity index (χ3v) is 4.64. The average molecular weight is 398 g/mol. The van der Waals surface area contributed by atoms with E-state index in [4.69, 9.17) is 4.74 Å². The quantitative estimate of drug-likeness (QED) is 0.371. The van der Waals surface area contributed by atoms with E-state index in [2.05, 4.69) is 10.3 Å². The van der Waals surface area contributed by atoms with Gasteiger partial charge in [0.25, 0.3) is 5.91 Å². The van der Waals surface area contributed by atoms with Gasteiger partial charge in [0.2, 0.25) is 0 Å². The number of anilines is 1. The largest absolute Gasteiger partial charge is 0.454 e. The zero-order valence-corrected chi connectivity index (χ0v) is 15.9. The number of amides is 1. The number of nitrogens with one attached hydrogen (secondary N) is 2. The summed E-state index contributed by atoms with van der Waals surface area (Å²) in [5.74, 6) is -1.13. The molecule has 0 aliphatic heterocycles. The third kappa shape index (κ3) is 4.12. The summed E-state index contributed by atoms with van der Waals surface area (Å²) in [5, 5.41) is 3.51. The summed E-state index contributed by atoms with van der Waals surface area (Å²) in [6.07, 6.45) is 1.57. The molecule has 1 heterocycles. The summed E-state index contributed by atoms with van der Waals surface area (Å²) < 4.78 is 5.19. The fourth-order valence-electron chi connectivity index (χ4n) is 3.06. The monoisotopic (exact) mass is 398 g/mol. The van der Waals surface area contributed by atoms with Crippen molar-refractivity contribution in [2.24, 2.45) is 0 Å². The summed E-state index contributed by atoms with van der Waals surface area (Å²) in [6.45, 7) is -0.367. The van der Waals surface area contributed by atoms with Crippen LogP contribution in [0.5, 0.6) is 0 Å². The van der Waals surface area contributed by atoms with Gasteiger partial charge >= 0.3 is 5.97 Å². The number of aromatic amines is 1. The van der Waals surface area contributed by atoms with Crippen molar-refractivity contribution in [3.8, 4) is 0 Å². The molecule has 0 fully saturated rings. The molecule has 4 aromatic rings. The summed E-state index contributed by atoms with van der Waals surface area (Å²) in [6, 6.07) is 22.6. The number of aromatic nitrogens is 1. The normalized spacial score (nSPS) is 10.5. The number of carbonyl (C=O) groups excluding carboxylic acids is 3. The van der Waals surface area contributed by atoms with Crippen LogP contribution in [0.15, 0.2) is 85.1 Å². The van der Waals surface area contributed by atoms with Crippen molar-refractivity contribution in [1.82, 2.24) is 4.98 Å². The number of esters is 1. The SMILES string of the molecule is O=C(COC(=O)c1c[nH]c2ccccc12)c1ccc(NC(=O)c2ccccc2)cc1. The molecule has 0 saturated carbocycles. The summed E-state index contributed by atoms with van der Waals surface area (Å²) in [5.41, 5.74) is 2.71. The number of para-hydroxylation sites is 1. The lowest BCUT2D eigenvalue weighted by atomic mass is 10.1. The number of fused-ring (bicyclic) bond motifs is 1. The van der Waals surface area contributed by atoms with Crippen molar-refractivity contribution < 1.29 is 19.1 Å². The Balaban J connectivity index is 1.36. The molecule has 1 amide bonds. The van der Waals surface area contributed by atoms with Crippen LogP contribution in [0.3, 0.4) is 0 Å². The van der Waals surface area contributed by atoms with E-state index < -0.39 is 5.97 Å². The standard InChI is InChI=1S/C24H18N2O4/c27-22(15-30-24(29)20-14-25-21-9-5-4-8-19(20)21)16-10-12-18(13-11-16)26-23(28)17-6-2-1-3-7-17/h1-14,25H,15H2,(H,26,28). The van der Waals surface area contributed by atoms with E-state index in [1.54, 1.807) is 54.7 Å². The Bertz CT molecular complexity index is 1210. The second kappa shape index (κ2) is 8.45. The molecule has 3 aromatic carbocycles. The Kier molecular flexibility index (Phi) is 5.39. The minimum absolute atomic E-state index is 0.234. The number of hydrogen-bond donors (Lipinski definition) is 2. The number of hydrogen-bond acceptors (Lipinski definition) is 4. The first-order valence-electron chi connectivity index (χ1n) is 9.35. The number of carbonyl (C=O) groups is 3. The number of ketones is 1. The summed E-state index contributed by atoms with van der Waals surface area (Å²) >= 11 is 0. The van der Waals surface area contributed by atoms with Gasteiger partial charge in [-0.25, -0.2) is 4.79 Å². The van der Waals surface area contributed by atoms with Crippen LogP contribution in [0.4, 0.5) is 5.69 Å². The number of rotatable bonds is 6. The highest BCUT2D eigenvalue weighted by molar-refractivity contribution is 6.06. The highest BCUT2D eigenvalue weighted by Crippen LogP contribution is 2.19. The topological polar surface area (TPSA) is 88.3 Å². The number of benzene rings is 3. The predicted molar refractivity (Wildman–Crippen MR) is 114 cm³/mol. The molecule has 4 rings (SSSR count). The van der Waals surface area contributed by atoms with Crippen LogP contribution in [-0.4, -0.2) is 29.3 Å². The second-order valence-corrected chi connectivity index (χ2v) is 6.64. The molecule has 0 atom stereocenters. The molecule has 6 heteroatoms. The van der Waals surface area contributed by atoms with Gasteiger partial charge in [0.15, 0.2) is 12.4 Å². The minimum Gasteiger partial charge on any atom is -0.454 e. The maximum absolute atomic E-state index is 12.4. The van der Waals surface area contributed by atoms with E-state index in [0.29, 0.717) is 22.4 Å². The lowest BCUT2D eigenvalue weighted by Gasteiger charge is -2.07. The van der Waals surface area contributed by atoms with Crippen LogP contribution < -0.4 is 5.32 Å². The molecule has 0 unspecified atom stereocenters. The van der Waals surface area contributed by atoms with Crippen LogP contribution in [-0.2, 0) is 4.74 Å². The van der Waals surface area contributed by atoms with E-state index in [9.17, 15) is 14.4 Å².